The molecule has 0 aliphatic carbocycles. The van der Waals surface area contributed by atoms with Crippen LogP contribution in [0.15, 0.2) is 0 Å². The first-order valence-electron chi connectivity index (χ1n) is 13.1. The van der Waals surface area contributed by atoms with E-state index in [1.807, 2.05) is 0 Å². The number of hydrogen-bond donors (Lipinski definition) is 9. The summed E-state index contributed by atoms with van der Waals surface area (Å²) < 4.78 is 0. The lowest BCUT2D eigenvalue weighted by Gasteiger charge is -2.25. The third-order valence-corrected chi connectivity index (χ3v) is 5.91. The van der Waals surface area contributed by atoms with Crippen LogP contribution in [0.25, 0.3) is 0 Å². The minimum absolute atomic E-state index is 0.331. The minimum atomic E-state index is -1.31. The number of amides is 6. The molecule has 0 fully saturated rings. The summed E-state index contributed by atoms with van der Waals surface area (Å²) in [5.41, 5.74) is 16.9. The van der Waals surface area contributed by atoms with Crippen molar-refractivity contribution in [2.24, 2.45) is 17.2 Å². The predicted molar refractivity (Wildman–Crippen MR) is 146 cm³/mol. The molecule has 40 heavy (non-hydrogen) atoms. The Bertz CT molecular complexity index is 928. The van der Waals surface area contributed by atoms with Gasteiger partial charge in [-0.15, -0.1) is 0 Å². The van der Waals surface area contributed by atoms with Crippen LogP contribution in [0.4, 0.5) is 0 Å². The summed E-state index contributed by atoms with van der Waals surface area (Å²) in [6.07, 6.45) is 0.682. The van der Waals surface area contributed by atoms with Crippen molar-refractivity contribution in [2.45, 2.75) is 96.7 Å². The molecule has 0 saturated heterocycles. The van der Waals surface area contributed by atoms with Crippen molar-refractivity contribution >= 4 is 41.2 Å². The molecule has 0 aromatic carbocycles. The third kappa shape index (κ3) is 12.9. The van der Waals surface area contributed by atoms with Gasteiger partial charge in [-0.3, -0.25) is 33.6 Å². The topological polar surface area (TPSA) is 270 Å². The second-order valence-electron chi connectivity index (χ2n) is 9.50. The van der Waals surface area contributed by atoms with Crippen molar-refractivity contribution in [3.05, 3.63) is 0 Å². The third-order valence-electron chi connectivity index (χ3n) is 5.91. The lowest BCUT2D eigenvalue weighted by molar-refractivity contribution is -0.134. The van der Waals surface area contributed by atoms with Crippen molar-refractivity contribution < 1.29 is 33.6 Å². The number of hydrogen-bond acceptors (Lipinski definition) is 10. The highest BCUT2D eigenvalue weighted by molar-refractivity contribution is 5.96. The number of carbonyl (C=O) groups excluding carboxylic acids is 7. The molecule has 0 aliphatic rings. The first-order chi connectivity index (χ1) is 18.5. The highest BCUT2D eigenvalue weighted by Crippen LogP contribution is 1.96. The molecule has 0 bridgehead atoms. The van der Waals surface area contributed by atoms with E-state index >= 15 is 0 Å². The van der Waals surface area contributed by atoms with Crippen LogP contribution >= 0.6 is 0 Å². The maximum Gasteiger partial charge on any atom is 0.245 e. The molecule has 0 heterocycles. The molecule has 0 saturated carbocycles. The predicted octanol–water partition coefficient (Wildman–Crippen LogP) is -4.39. The van der Waals surface area contributed by atoms with Gasteiger partial charge in [0.15, 0.2) is 5.78 Å². The van der Waals surface area contributed by atoms with E-state index < -0.39 is 77.7 Å². The number of Topliss-reactive ketones (excluding diaryl/α,β-unsaturated/α-hetero) is 1. The summed E-state index contributed by atoms with van der Waals surface area (Å²) in [7, 11) is 0. The molecule has 0 radical (unpaired) electrons. The zero-order valence-electron chi connectivity index (χ0n) is 24.0. The van der Waals surface area contributed by atoms with Crippen LogP contribution < -0.4 is 49.1 Å². The largest absolute Gasteiger partial charge is 0.352 e. The van der Waals surface area contributed by atoms with Gasteiger partial charge in [0.1, 0.15) is 18.1 Å². The lowest BCUT2D eigenvalue weighted by Crippen LogP contribution is -2.61. The fourth-order valence-corrected chi connectivity index (χ4v) is 2.85. The Balaban J connectivity index is 5.56. The van der Waals surface area contributed by atoms with Gasteiger partial charge in [-0.2, -0.15) is 0 Å². The van der Waals surface area contributed by atoms with Gasteiger partial charge in [-0.1, -0.05) is 13.8 Å². The molecule has 7 unspecified atom stereocenters. The second-order valence-corrected chi connectivity index (χ2v) is 9.50. The molecule has 16 nitrogen and oxygen atoms in total. The van der Waals surface area contributed by atoms with Crippen molar-refractivity contribution in [3.63, 3.8) is 0 Å². The van der Waals surface area contributed by atoms with E-state index in [1.165, 1.54) is 27.7 Å². The quantitative estimate of drug-likeness (QED) is 0.0808. The maximum atomic E-state index is 12.9. The van der Waals surface area contributed by atoms with Gasteiger partial charge in [-0.25, -0.2) is 0 Å². The minimum Gasteiger partial charge on any atom is -0.352 e. The standard InChI is InChI=1S/C24H45N9O7/c1-7-15(26)21(37)28-9-17(32-19(35)11(3)25)24(40)31-13(5)20(36)33-18(10-29-22(38)16(27)8-2)23(39)30-12(4)14(6)34/h11-13,15-18H,7-10,25-27H2,1-6H3,(H,28,37)(H,29,38)(H,30,39)(H,31,40)(H,32,35)(H,33,36). The Labute approximate surface area is 234 Å². The van der Waals surface area contributed by atoms with Gasteiger partial charge >= 0.3 is 0 Å². The summed E-state index contributed by atoms with van der Waals surface area (Å²) in [6.45, 7) is 8.17. The van der Waals surface area contributed by atoms with Gasteiger partial charge in [0, 0.05) is 13.1 Å². The fourth-order valence-electron chi connectivity index (χ4n) is 2.85. The van der Waals surface area contributed by atoms with E-state index in [2.05, 4.69) is 31.9 Å². The Morgan fingerprint density at radius 3 is 1.27 bits per heavy atom. The van der Waals surface area contributed by atoms with Crippen LogP contribution in [0.3, 0.4) is 0 Å². The van der Waals surface area contributed by atoms with Crippen molar-refractivity contribution in [1.29, 1.82) is 0 Å². The maximum absolute atomic E-state index is 12.9. The molecular formula is C24H45N9O7. The van der Waals surface area contributed by atoms with Crippen LogP contribution in [0.1, 0.15) is 54.4 Å². The molecule has 0 aromatic rings. The molecule has 0 aromatic heterocycles. The van der Waals surface area contributed by atoms with E-state index in [4.69, 9.17) is 17.2 Å². The molecule has 0 aliphatic heterocycles. The zero-order chi connectivity index (χ0) is 31.2. The number of rotatable bonds is 17. The van der Waals surface area contributed by atoms with Crippen LogP contribution in [0.2, 0.25) is 0 Å². The van der Waals surface area contributed by atoms with Crippen molar-refractivity contribution in [1.82, 2.24) is 31.9 Å². The Morgan fingerprint density at radius 1 is 0.550 bits per heavy atom. The Kier molecular flexibility index (Phi) is 16.2. The van der Waals surface area contributed by atoms with Gasteiger partial charge in [-0.05, 0) is 40.5 Å². The first kappa shape index (κ1) is 36.4. The molecule has 0 spiro atoms. The first-order valence-corrected chi connectivity index (χ1v) is 13.1. The van der Waals surface area contributed by atoms with E-state index in [0.29, 0.717) is 12.8 Å². The summed E-state index contributed by atoms with van der Waals surface area (Å²) in [5.74, 6) is -4.49. The van der Waals surface area contributed by atoms with E-state index in [9.17, 15) is 33.6 Å². The number of ketones is 1. The molecule has 7 atom stereocenters. The normalized spacial score (nSPS) is 16.0. The number of carbonyl (C=O) groups is 7. The van der Waals surface area contributed by atoms with Crippen molar-refractivity contribution in [3.8, 4) is 0 Å². The van der Waals surface area contributed by atoms with Gasteiger partial charge in [0.25, 0.3) is 0 Å². The zero-order valence-corrected chi connectivity index (χ0v) is 24.0. The highest BCUT2D eigenvalue weighted by Gasteiger charge is 2.30. The summed E-state index contributed by atoms with van der Waals surface area (Å²) in [6, 6.07) is -7.31. The average molecular weight is 572 g/mol. The van der Waals surface area contributed by atoms with E-state index in [0.717, 1.165) is 0 Å². The van der Waals surface area contributed by atoms with E-state index in [-0.39, 0.29) is 18.9 Å². The molecule has 228 valence electrons. The summed E-state index contributed by atoms with van der Waals surface area (Å²) in [5, 5.41) is 14.6. The number of nitrogens with one attached hydrogen (secondary N) is 6. The van der Waals surface area contributed by atoms with Crippen LogP contribution in [-0.4, -0.2) is 96.6 Å². The fraction of sp³-hybridized carbons (Fsp3) is 0.708. The molecule has 0 rings (SSSR count). The van der Waals surface area contributed by atoms with Crippen LogP contribution in [0, 0.1) is 0 Å². The van der Waals surface area contributed by atoms with Gasteiger partial charge in [0.2, 0.25) is 35.4 Å². The van der Waals surface area contributed by atoms with Crippen molar-refractivity contribution in [2.75, 3.05) is 13.1 Å². The molecule has 16 heteroatoms. The second kappa shape index (κ2) is 17.9. The average Bonchev–Trinajstić information content (AvgIpc) is 2.90. The molecule has 6 amide bonds. The summed E-state index contributed by atoms with van der Waals surface area (Å²) >= 11 is 0. The number of nitrogens with two attached hydrogens (primary N) is 3. The Hall–Kier alpha value is -3.63. The lowest BCUT2D eigenvalue weighted by atomic mass is 10.1. The van der Waals surface area contributed by atoms with E-state index in [1.54, 1.807) is 13.8 Å². The SMILES string of the molecule is CCC(N)C(=O)NCC(NC(=O)C(C)N)C(=O)NC(C)C(=O)NC(CNC(=O)C(N)CC)C(=O)NC(C)C(C)=O. The van der Waals surface area contributed by atoms with Crippen LogP contribution in [0.5, 0.6) is 0 Å². The van der Waals surface area contributed by atoms with Crippen LogP contribution in [-0.2, 0) is 33.6 Å². The smallest absolute Gasteiger partial charge is 0.245 e. The molecule has 12 N–H and O–H groups in total. The van der Waals surface area contributed by atoms with Gasteiger partial charge < -0.3 is 49.1 Å². The summed E-state index contributed by atoms with van der Waals surface area (Å²) in [4.78, 5) is 86.4. The van der Waals surface area contributed by atoms with Gasteiger partial charge in [0.05, 0.1) is 24.2 Å². The molecular weight excluding hydrogens is 526 g/mol. The Morgan fingerprint density at radius 2 is 0.925 bits per heavy atom. The monoisotopic (exact) mass is 571 g/mol. The highest BCUT2D eigenvalue weighted by atomic mass is 16.2.